The summed E-state index contributed by atoms with van der Waals surface area (Å²) in [6.45, 7) is 3.86. The van der Waals surface area contributed by atoms with Crippen LogP contribution >= 0.6 is 27.5 Å². The predicted molar refractivity (Wildman–Crippen MR) is 86.9 cm³/mol. The molecule has 0 N–H and O–H groups in total. The van der Waals surface area contributed by atoms with Crippen molar-refractivity contribution in [2.45, 2.75) is 26.4 Å². The van der Waals surface area contributed by atoms with Crippen molar-refractivity contribution in [3.63, 3.8) is 0 Å². The normalized spacial score (nSPS) is 11.3. The Morgan fingerprint density at radius 1 is 1.25 bits per heavy atom. The minimum Gasteiger partial charge on any atom is -0.296 e. The van der Waals surface area contributed by atoms with Gasteiger partial charge in [0.05, 0.1) is 15.9 Å². The van der Waals surface area contributed by atoms with Gasteiger partial charge in [0.2, 0.25) is 0 Å². The van der Waals surface area contributed by atoms with Gasteiger partial charge in [0.1, 0.15) is 0 Å². The molecule has 0 spiro atoms. The van der Waals surface area contributed by atoms with E-state index in [4.69, 9.17) is 11.6 Å². The standard InChI is InChI=1S/C15H19BrClN3/c1-4-13-15(16)14(20(3)18-13)10-19(2)9-11-5-7-12(17)8-6-11/h5-8H,4,9-10H2,1-3H3. The van der Waals surface area contributed by atoms with Gasteiger partial charge in [0, 0.05) is 25.2 Å². The fraction of sp³-hybridized carbons (Fsp3) is 0.400. The molecule has 5 heteroatoms. The highest BCUT2D eigenvalue weighted by molar-refractivity contribution is 9.10. The zero-order valence-electron chi connectivity index (χ0n) is 12.0. The summed E-state index contributed by atoms with van der Waals surface area (Å²) in [4.78, 5) is 2.27. The van der Waals surface area contributed by atoms with Crippen LogP contribution in [-0.4, -0.2) is 21.7 Å². The van der Waals surface area contributed by atoms with Crippen LogP contribution in [0.1, 0.15) is 23.9 Å². The van der Waals surface area contributed by atoms with Gasteiger partial charge in [-0.15, -0.1) is 0 Å². The van der Waals surface area contributed by atoms with Gasteiger partial charge in [-0.2, -0.15) is 5.10 Å². The first-order valence-corrected chi connectivity index (χ1v) is 7.81. The minimum atomic E-state index is 0.776. The third-order valence-corrected chi connectivity index (χ3v) is 4.46. The van der Waals surface area contributed by atoms with Gasteiger partial charge in [-0.3, -0.25) is 9.58 Å². The molecule has 1 aromatic heterocycles. The van der Waals surface area contributed by atoms with Crippen LogP contribution in [-0.2, 0) is 26.6 Å². The number of aromatic nitrogens is 2. The molecule has 0 fully saturated rings. The van der Waals surface area contributed by atoms with Crippen LogP contribution in [0.4, 0.5) is 0 Å². The molecule has 0 aliphatic rings. The van der Waals surface area contributed by atoms with Gasteiger partial charge < -0.3 is 0 Å². The zero-order valence-corrected chi connectivity index (χ0v) is 14.4. The summed E-state index contributed by atoms with van der Waals surface area (Å²) in [6.07, 6.45) is 0.940. The van der Waals surface area contributed by atoms with Gasteiger partial charge in [-0.25, -0.2) is 0 Å². The molecular weight excluding hydrogens is 338 g/mol. The second-order valence-corrected chi connectivity index (χ2v) is 6.21. The molecule has 0 saturated carbocycles. The van der Waals surface area contributed by atoms with E-state index in [2.05, 4.69) is 52.0 Å². The summed E-state index contributed by atoms with van der Waals surface area (Å²) < 4.78 is 3.09. The lowest BCUT2D eigenvalue weighted by Gasteiger charge is -2.17. The molecule has 3 nitrogen and oxygen atoms in total. The van der Waals surface area contributed by atoms with E-state index in [-0.39, 0.29) is 0 Å². The molecule has 0 saturated heterocycles. The Labute approximate surface area is 133 Å². The molecule has 2 rings (SSSR count). The molecule has 0 amide bonds. The van der Waals surface area contributed by atoms with Crippen molar-refractivity contribution in [1.29, 1.82) is 0 Å². The first-order chi connectivity index (χ1) is 9.51. The number of hydrogen-bond donors (Lipinski definition) is 0. The van der Waals surface area contributed by atoms with Crippen molar-refractivity contribution in [1.82, 2.24) is 14.7 Å². The SMILES string of the molecule is CCc1nn(C)c(CN(C)Cc2ccc(Cl)cc2)c1Br. The van der Waals surface area contributed by atoms with E-state index in [1.807, 2.05) is 23.9 Å². The molecule has 2 aromatic rings. The maximum absolute atomic E-state index is 5.91. The van der Waals surface area contributed by atoms with E-state index < -0.39 is 0 Å². The smallest absolute Gasteiger partial charge is 0.0767 e. The quantitative estimate of drug-likeness (QED) is 0.806. The molecule has 0 radical (unpaired) electrons. The van der Waals surface area contributed by atoms with Gasteiger partial charge in [-0.1, -0.05) is 30.7 Å². The van der Waals surface area contributed by atoms with Crippen molar-refractivity contribution >= 4 is 27.5 Å². The topological polar surface area (TPSA) is 21.1 Å². The van der Waals surface area contributed by atoms with Crippen LogP contribution in [0.3, 0.4) is 0 Å². The van der Waals surface area contributed by atoms with Gasteiger partial charge in [-0.05, 0) is 47.1 Å². The summed E-state index contributed by atoms with van der Waals surface area (Å²) in [5.74, 6) is 0. The fourth-order valence-electron chi connectivity index (χ4n) is 2.20. The van der Waals surface area contributed by atoms with E-state index >= 15 is 0 Å². The largest absolute Gasteiger partial charge is 0.296 e. The van der Waals surface area contributed by atoms with Crippen molar-refractivity contribution in [3.8, 4) is 0 Å². The lowest BCUT2D eigenvalue weighted by Crippen LogP contribution is -2.19. The van der Waals surface area contributed by atoms with Crippen molar-refractivity contribution in [2.24, 2.45) is 7.05 Å². The van der Waals surface area contributed by atoms with E-state index in [0.29, 0.717) is 0 Å². The van der Waals surface area contributed by atoms with Crippen LogP contribution in [0.15, 0.2) is 28.7 Å². The molecular formula is C15H19BrClN3. The lowest BCUT2D eigenvalue weighted by atomic mass is 10.2. The number of halogens is 2. The Morgan fingerprint density at radius 3 is 2.45 bits per heavy atom. The molecule has 0 unspecified atom stereocenters. The van der Waals surface area contributed by atoms with Crippen molar-refractivity contribution in [3.05, 3.63) is 50.7 Å². The van der Waals surface area contributed by atoms with Gasteiger partial charge in [0.15, 0.2) is 0 Å². The Kier molecular flexibility index (Phi) is 5.24. The highest BCUT2D eigenvalue weighted by Gasteiger charge is 2.14. The van der Waals surface area contributed by atoms with E-state index in [1.54, 1.807) is 0 Å². The summed E-state index contributed by atoms with van der Waals surface area (Å²) in [7, 11) is 4.11. The lowest BCUT2D eigenvalue weighted by molar-refractivity contribution is 0.309. The molecule has 1 heterocycles. The van der Waals surface area contributed by atoms with Crippen LogP contribution in [0.2, 0.25) is 5.02 Å². The minimum absolute atomic E-state index is 0.776. The highest BCUT2D eigenvalue weighted by atomic mass is 79.9. The summed E-state index contributed by atoms with van der Waals surface area (Å²) in [6, 6.07) is 7.99. The van der Waals surface area contributed by atoms with Crippen LogP contribution < -0.4 is 0 Å². The number of hydrogen-bond acceptors (Lipinski definition) is 2. The maximum Gasteiger partial charge on any atom is 0.0767 e. The van der Waals surface area contributed by atoms with Crippen LogP contribution in [0.5, 0.6) is 0 Å². The summed E-state index contributed by atoms with van der Waals surface area (Å²) >= 11 is 9.57. The van der Waals surface area contributed by atoms with E-state index in [9.17, 15) is 0 Å². The first kappa shape index (κ1) is 15.5. The molecule has 0 aliphatic heterocycles. The molecule has 108 valence electrons. The highest BCUT2D eigenvalue weighted by Crippen LogP contribution is 2.23. The summed E-state index contributed by atoms with van der Waals surface area (Å²) in [5, 5.41) is 5.30. The predicted octanol–water partition coefficient (Wildman–Crippen LogP) is 4.03. The Morgan fingerprint density at radius 2 is 1.90 bits per heavy atom. The average molecular weight is 357 g/mol. The van der Waals surface area contributed by atoms with E-state index in [0.717, 1.165) is 34.7 Å². The Hall–Kier alpha value is -0.840. The number of nitrogens with zero attached hydrogens (tertiary/aromatic N) is 3. The first-order valence-electron chi connectivity index (χ1n) is 6.64. The number of rotatable bonds is 5. The Bertz CT molecular complexity index is 578. The third kappa shape index (κ3) is 3.62. The molecule has 0 atom stereocenters. The molecule has 0 aliphatic carbocycles. The molecule has 20 heavy (non-hydrogen) atoms. The second kappa shape index (κ2) is 6.74. The molecule has 0 bridgehead atoms. The second-order valence-electron chi connectivity index (χ2n) is 4.98. The average Bonchev–Trinajstić information content (AvgIpc) is 2.69. The van der Waals surface area contributed by atoms with E-state index in [1.165, 1.54) is 11.3 Å². The number of aryl methyl sites for hydroxylation is 2. The third-order valence-electron chi connectivity index (χ3n) is 3.29. The molecule has 1 aromatic carbocycles. The number of benzene rings is 1. The van der Waals surface area contributed by atoms with Crippen LogP contribution in [0, 0.1) is 0 Å². The fourth-order valence-corrected chi connectivity index (χ4v) is 3.07. The monoisotopic (exact) mass is 355 g/mol. The zero-order chi connectivity index (χ0) is 14.7. The Balaban J connectivity index is 2.06. The van der Waals surface area contributed by atoms with Crippen molar-refractivity contribution < 1.29 is 0 Å². The van der Waals surface area contributed by atoms with Gasteiger partial charge in [0.25, 0.3) is 0 Å². The maximum atomic E-state index is 5.91. The van der Waals surface area contributed by atoms with Gasteiger partial charge >= 0.3 is 0 Å². The van der Waals surface area contributed by atoms with Crippen LogP contribution in [0.25, 0.3) is 0 Å². The summed E-state index contributed by atoms with van der Waals surface area (Å²) in [5.41, 5.74) is 3.58. The van der Waals surface area contributed by atoms with Crippen molar-refractivity contribution in [2.75, 3.05) is 7.05 Å².